The summed E-state index contributed by atoms with van der Waals surface area (Å²) >= 11 is 0. The summed E-state index contributed by atoms with van der Waals surface area (Å²) < 4.78 is 11.1. The van der Waals surface area contributed by atoms with Gasteiger partial charge in [-0.25, -0.2) is 9.97 Å². The Kier molecular flexibility index (Phi) is 5.39. The van der Waals surface area contributed by atoms with Gasteiger partial charge in [-0.2, -0.15) is 0 Å². The summed E-state index contributed by atoms with van der Waals surface area (Å²) in [7, 11) is 0. The van der Waals surface area contributed by atoms with Gasteiger partial charge in [-0.15, -0.1) is 0 Å². The van der Waals surface area contributed by atoms with Crippen LogP contribution >= 0.6 is 0 Å². The molecule has 0 saturated carbocycles. The Morgan fingerprint density at radius 3 is 2.47 bits per heavy atom. The van der Waals surface area contributed by atoms with E-state index in [4.69, 9.17) is 14.5 Å². The molecule has 2 saturated heterocycles. The number of amides is 1. The van der Waals surface area contributed by atoms with Crippen LogP contribution in [0.25, 0.3) is 0 Å². The van der Waals surface area contributed by atoms with E-state index in [9.17, 15) is 4.79 Å². The highest BCUT2D eigenvalue weighted by Crippen LogP contribution is 2.38. The Hall–Kier alpha value is -2.51. The summed E-state index contributed by atoms with van der Waals surface area (Å²) in [5.41, 5.74) is 2.72. The molecule has 4 heterocycles. The molecule has 3 aliphatic rings. The first-order chi connectivity index (χ1) is 14.8. The first-order valence-corrected chi connectivity index (χ1v) is 10.9. The lowest BCUT2D eigenvalue weighted by Gasteiger charge is -2.41. The summed E-state index contributed by atoms with van der Waals surface area (Å²) in [5, 5.41) is 0. The molecule has 1 aromatic heterocycles. The van der Waals surface area contributed by atoms with E-state index in [1.54, 1.807) is 0 Å². The van der Waals surface area contributed by atoms with E-state index in [0.29, 0.717) is 39.5 Å². The zero-order chi connectivity index (χ0) is 20.4. The van der Waals surface area contributed by atoms with E-state index in [1.807, 2.05) is 29.3 Å². The molecule has 2 fully saturated rings. The molecule has 0 bridgehead atoms. The molecule has 5 rings (SSSR count). The largest absolute Gasteiger partial charge is 0.381 e. The third-order valence-electron chi connectivity index (χ3n) is 6.60. The second-order valence-electron chi connectivity index (χ2n) is 8.28. The van der Waals surface area contributed by atoms with Gasteiger partial charge in [0, 0.05) is 39.0 Å². The predicted octanol–water partition coefficient (Wildman–Crippen LogP) is 1.95. The van der Waals surface area contributed by atoms with Gasteiger partial charge >= 0.3 is 0 Å². The van der Waals surface area contributed by atoms with Crippen molar-refractivity contribution in [1.29, 1.82) is 0 Å². The molecule has 158 valence electrons. The lowest BCUT2D eigenvalue weighted by molar-refractivity contribution is -0.142. The Labute approximate surface area is 177 Å². The highest BCUT2D eigenvalue weighted by atomic mass is 16.5. The number of fused-ring (bicyclic) bond motifs is 1. The van der Waals surface area contributed by atoms with Crippen LogP contribution in [-0.4, -0.2) is 66.8 Å². The maximum Gasteiger partial charge on any atom is 0.233 e. The highest BCUT2D eigenvalue weighted by molar-refractivity contribution is 5.88. The van der Waals surface area contributed by atoms with Crippen LogP contribution in [0.2, 0.25) is 0 Å². The normalized spacial score (nSPS) is 21.2. The van der Waals surface area contributed by atoms with Gasteiger partial charge in [-0.1, -0.05) is 30.3 Å². The van der Waals surface area contributed by atoms with Gasteiger partial charge < -0.3 is 19.3 Å². The van der Waals surface area contributed by atoms with Crippen LogP contribution in [0.15, 0.2) is 36.5 Å². The second-order valence-corrected chi connectivity index (χ2v) is 8.28. The van der Waals surface area contributed by atoms with E-state index < -0.39 is 5.41 Å². The van der Waals surface area contributed by atoms with Crippen LogP contribution in [0.5, 0.6) is 0 Å². The van der Waals surface area contributed by atoms with Gasteiger partial charge in [-0.3, -0.25) is 4.79 Å². The molecule has 2 aromatic rings. The smallest absolute Gasteiger partial charge is 0.233 e. The van der Waals surface area contributed by atoms with Crippen molar-refractivity contribution in [3.63, 3.8) is 0 Å². The molecule has 1 amide bonds. The maximum atomic E-state index is 13.9. The van der Waals surface area contributed by atoms with Crippen molar-refractivity contribution in [1.82, 2.24) is 14.9 Å². The molecular formula is C23H28N4O3. The molecule has 30 heavy (non-hydrogen) atoms. The van der Waals surface area contributed by atoms with Crippen molar-refractivity contribution in [3.05, 3.63) is 53.3 Å². The van der Waals surface area contributed by atoms with Gasteiger partial charge in [0.1, 0.15) is 0 Å². The van der Waals surface area contributed by atoms with Crippen LogP contribution < -0.4 is 4.90 Å². The van der Waals surface area contributed by atoms with Crippen molar-refractivity contribution in [2.75, 3.05) is 51.0 Å². The number of hydrogen-bond acceptors (Lipinski definition) is 6. The molecule has 0 aliphatic carbocycles. The fourth-order valence-corrected chi connectivity index (χ4v) is 4.79. The Morgan fingerprint density at radius 1 is 0.967 bits per heavy atom. The number of anilines is 1. The molecule has 0 unspecified atom stereocenters. The Bertz CT molecular complexity index is 893. The van der Waals surface area contributed by atoms with E-state index >= 15 is 0 Å². The predicted molar refractivity (Wildman–Crippen MR) is 112 cm³/mol. The van der Waals surface area contributed by atoms with Gasteiger partial charge in [0.05, 0.1) is 30.9 Å². The average molecular weight is 409 g/mol. The molecule has 0 atom stereocenters. The molecule has 1 aromatic carbocycles. The van der Waals surface area contributed by atoms with Gasteiger partial charge in [0.15, 0.2) is 0 Å². The van der Waals surface area contributed by atoms with Crippen molar-refractivity contribution < 1.29 is 14.3 Å². The fourth-order valence-electron chi connectivity index (χ4n) is 4.79. The highest BCUT2D eigenvalue weighted by Gasteiger charge is 2.44. The summed E-state index contributed by atoms with van der Waals surface area (Å²) in [4.78, 5) is 27.5. The number of morpholine rings is 1. The lowest BCUT2D eigenvalue weighted by atomic mass is 9.72. The number of rotatable bonds is 3. The fraction of sp³-hybridized carbons (Fsp3) is 0.522. The summed E-state index contributed by atoms with van der Waals surface area (Å²) in [5.74, 6) is 0.948. The third kappa shape index (κ3) is 3.56. The zero-order valence-corrected chi connectivity index (χ0v) is 17.3. The quantitative estimate of drug-likeness (QED) is 0.773. The van der Waals surface area contributed by atoms with Crippen molar-refractivity contribution >= 4 is 11.9 Å². The summed E-state index contributed by atoms with van der Waals surface area (Å²) in [6, 6.07) is 10.2. The number of carbonyl (C=O) groups is 1. The topological polar surface area (TPSA) is 67.8 Å². The van der Waals surface area contributed by atoms with E-state index in [-0.39, 0.29) is 5.91 Å². The Balaban J connectivity index is 1.40. The maximum absolute atomic E-state index is 13.9. The standard InChI is InChI=1S/C23H28N4O3/c28-21(23(7-12-29-13-8-23)19-4-2-1-3-5-19)27-9-6-18-16-24-22(25-20(18)17-27)26-10-14-30-15-11-26/h1-5,16H,6-15,17H2. The minimum absolute atomic E-state index is 0.203. The molecule has 7 nitrogen and oxygen atoms in total. The summed E-state index contributed by atoms with van der Waals surface area (Å²) in [6.07, 6.45) is 4.19. The Morgan fingerprint density at radius 2 is 1.70 bits per heavy atom. The van der Waals surface area contributed by atoms with Crippen LogP contribution in [0, 0.1) is 0 Å². The molecular weight excluding hydrogens is 380 g/mol. The number of nitrogens with zero attached hydrogens (tertiary/aromatic N) is 4. The SMILES string of the molecule is O=C(N1CCc2cnc(N3CCOCC3)nc2C1)C1(c2ccccc2)CCOCC1. The van der Waals surface area contributed by atoms with Crippen molar-refractivity contribution in [3.8, 4) is 0 Å². The van der Waals surface area contributed by atoms with Crippen molar-refractivity contribution in [2.24, 2.45) is 0 Å². The van der Waals surface area contributed by atoms with Crippen LogP contribution in [-0.2, 0) is 32.6 Å². The first-order valence-electron chi connectivity index (χ1n) is 10.9. The minimum atomic E-state index is -0.503. The van der Waals surface area contributed by atoms with Gasteiger partial charge in [0.25, 0.3) is 0 Å². The lowest BCUT2D eigenvalue weighted by Crippen LogP contribution is -2.51. The van der Waals surface area contributed by atoms with Crippen LogP contribution in [0.3, 0.4) is 0 Å². The third-order valence-corrected chi connectivity index (χ3v) is 6.60. The first kappa shape index (κ1) is 19.5. The van der Waals surface area contributed by atoms with E-state index in [0.717, 1.165) is 55.1 Å². The van der Waals surface area contributed by atoms with Crippen molar-refractivity contribution in [2.45, 2.75) is 31.2 Å². The zero-order valence-electron chi connectivity index (χ0n) is 17.3. The number of carbonyl (C=O) groups excluding carboxylic acids is 1. The average Bonchev–Trinajstić information content (AvgIpc) is 2.84. The monoisotopic (exact) mass is 408 g/mol. The number of ether oxygens (including phenoxy) is 2. The van der Waals surface area contributed by atoms with Crippen LogP contribution in [0.1, 0.15) is 29.7 Å². The molecule has 0 N–H and O–H groups in total. The number of aromatic nitrogens is 2. The van der Waals surface area contributed by atoms with Gasteiger partial charge in [0.2, 0.25) is 11.9 Å². The van der Waals surface area contributed by atoms with E-state index in [2.05, 4.69) is 22.0 Å². The molecule has 3 aliphatic heterocycles. The molecule has 0 radical (unpaired) electrons. The number of hydrogen-bond donors (Lipinski definition) is 0. The molecule has 7 heteroatoms. The van der Waals surface area contributed by atoms with Gasteiger partial charge in [-0.05, 0) is 30.4 Å². The van der Waals surface area contributed by atoms with Crippen LogP contribution in [0.4, 0.5) is 5.95 Å². The second kappa shape index (κ2) is 8.32. The minimum Gasteiger partial charge on any atom is -0.381 e. The molecule has 0 spiro atoms. The summed E-state index contributed by atoms with van der Waals surface area (Å²) in [6.45, 7) is 5.50. The number of benzene rings is 1. The van der Waals surface area contributed by atoms with E-state index in [1.165, 1.54) is 0 Å².